The molecule has 2 heterocycles. The summed E-state index contributed by atoms with van der Waals surface area (Å²) in [5.74, 6) is -6.50. The number of amidine groups is 2. The van der Waals surface area contributed by atoms with Crippen molar-refractivity contribution in [3.8, 4) is 0 Å². The number of anilines is 1. The summed E-state index contributed by atoms with van der Waals surface area (Å²) in [5, 5.41) is 39.5. The highest BCUT2D eigenvalue weighted by molar-refractivity contribution is 6.11. The number of nitrogens with zero attached hydrogens (tertiary/aromatic N) is 2. The molecule has 0 saturated carbocycles. The summed E-state index contributed by atoms with van der Waals surface area (Å²) in [4.78, 5) is 53.3. The number of nitrogens with one attached hydrogen (secondary N) is 3. The van der Waals surface area contributed by atoms with E-state index in [0.717, 1.165) is 12.3 Å². The zero-order chi connectivity index (χ0) is 24.0. The van der Waals surface area contributed by atoms with Crippen LogP contribution in [-0.2, 0) is 14.4 Å². The van der Waals surface area contributed by atoms with Crippen molar-refractivity contribution in [2.75, 3.05) is 5.32 Å². The number of hydrogen-bond donors (Lipinski definition) is 7. The van der Waals surface area contributed by atoms with Crippen LogP contribution >= 0.6 is 0 Å². The van der Waals surface area contributed by atoms with Gasteiger partial charge in [-0.1, -0.05) is 0 Å². The number of carbonyl (C=O) groups excluding carboxylic acids is 2. The molecule has 0 aliphatic carbocycles. The van der Waals surface area contributed by atoms with E-state index in [1.165, 1.54) is 0 Å². The van der Waals surface area contributed by atoms with Gasteiger partial charge in [-0.3, -0.25) is 19.8 Å². The lowest BCUT2D eigenvalue weighted by Gasteiger charge is -2.15. The van der Waals surface area contributed by atoms with Gasteiger partial charge in [0.05, 0.1) is 24.7 Å². The number of carboxylic acids is 2. The number of hydrogen-bond acceptors (Lipinski definition) is 8. The lowest BCUT2D eigenvalue weighted by Crippen LogP contribution is -2.41. The van der Waals surface area contributed by atoms with E-state index < -0.39 is 60.6 Å². The van der Waals surface area contributed by atoms with E-state index in [1.807, 2.05) is 5.32 Å². The third-order valence-electron chi connectivity index (χ3n) is 4.17. The standard InChI is InChI=1S/C18H19FN6O7/c19-9-3-7(23-13(27)4-8-11(26)5-12(20)25-16(8)21)6-22-15(9)17(30)24-10(18(31)32)1-2-14(28)29/h3,6,10,26H,1-2,4-5H2,(H,23,27)(H,24,30)(H,28,29)(H,31,32)(H3,20,21,25)/t10-/m0/s1. The van der Waals surface area contributed by atoms with Gasteiger partial charge < -0.3 is 31.7 Å². The molecular weight excluding hydrogens is 431 g/mol. The largest absolute Gasteiger partial charge is 0.511 e. The molecule has 0 saturated heterocycles. The Hall–Kier alpha value is -4.36. The van der Waals surface area contributed by atoms with Crippen molar-refractivity contribution in [3.05, 3.63) is 35.1 Å². The molecule has 1 aliphatic rings. The summed E-state index contributed by atoms with van der Waals surface area (Å²) in [6, 6.07) is -0.800. The van der Waals surface area contributed by atoms with Crippen molar-refractivity contribution in [1.82, 2.24) is 10.3 Å². The molecule has 0 radical (unpaired) electrons. The van der Waals surface area contributed by atoms with Gasteiger partial charge in [-0.05, 0) is 6.42 Å². The van der Waals surface area contributed by atoms with Crippen LogP contribution in [0.5, 0.6) is 0 Å². The fraction of sp³-hybridized carbons (Fsp3) is 0.278. The number of aromatic nitrogens is 1. The number of amides is 2. The highest BCUT2D eigenvalue weighted by atomic mass is 19.1. The van der Waals surface area contributed by atoms with Crippen LogP contribution in [0.1, 0.15) is 36.2 Å². The topological polar surface area (TPSA) is 228 Å². The van der Waals surface area contributed by atoms with Crippen LogP contribution in [0.15, 0.2) is 28.6 Å². The van der Waals surface area contributed by atoms with Gasteiger partial charge >= 0.3 is 11.9 Å². The summed E-state index contributed by atoms with van der Waals surface area (Å²) in [6.45, 7) is 0. The molecule has 2 rings (SSSR count). The number of carboxylic acid groups (broad SMARTS) is 2. The van der Waals surface area contributed by atoms with Gasteiger partial charge in [0.15, 0.2) is 17.3 Å². The third-order valence-corrected chi connectivity index (χ3v) is 4.17. The lowest BCUT2D eigenvalue weighted by molar-refractivity contribution is -0.140. The molecule has 1 aromatic heterocycles. The Morgan fingerprint density at radius 2 is 1.97 bits per heavy atom. The quantitative estimate of drug-likeness (QED) is 0.271. The molecule has 8 N–H and O–H groups in total. The van der Waals surface area contributed by atoms with Crippen LogP contribution in [0.25, 0.3) is 0 Å². The minimum absolute atomic E-state index is 0.0184. The number of aliphatic carboxylic acids is 2. The van der Waals surface area contributed by atoms with Crippen molar-refractivity contribution in [2.45, 2.75) is 31.7 Å². The molecule has 13 nitrogen and oxygen atoms in total. The molecule has 0 spiro atoms. The van der Waals surface area contributed by atoms with Crippen LogP contribution in [0.2, 0.25) is 0 Å². The van der Waals surface area contributed by atoms with Gasteiger partial charge in [-0.15, -0.1) is 0 Å². The van der Waals surface area contributed by atoms with E-state index in [1.54, 1.807) is 0 Å². The Balaban J connectivity index is 2.04. The molecule has 1 aromatic rings. The van der Waals surface area contributed by atoms with Crippen molar-refractivity contribution in [1.29, 1.82) is 5.41 Å². The molecule has 170 valence electrons. The minimum Gasteiger partial charge on any atom is -0.511 e. The zero-order valence-electron chi connectivity index (χ0n) is 16.4. The Kier molecular flexibility index (Phi) is 7.55. The van der Waals surface area contributed by atoms with E-state index in [9.17, 15) is 28.7 Å². The van der Waals surface area contributed by atoms with Gasteiger partial charge in [0.1, 0.15) is 17.6 Å². The van der Waals surface area contributed by atoms with Crippen LogP contribution < -0.4 is 16.4 Å². The van der Waals surface area contributed by atoms with Gasteiger partial charge in [-0.2, -0.15) is 0 Å². The number of aliphatic hydroxyl groups is 1. The predicted octanol–water partition coefficient (Wildman–Crippen LogP) is 0.147. The smallest absolute Gasteiger partial charge is 0.326 e. The summed E-state index contributed by atoms with van der Waals surface area (Å²) in [5.41, 5.74) is 4.48. The monoisotopic (exact) mass is 450 g/mol. The number of rotatable bonds is 9. The summed E-state index contributed by atoms with van der Waals surface area (Å²) >= 11 is 0. The summed E-state index contributed by atoms with van der Waals surface area (Å²) in [7, 11) is 0. The van der Waals surface area contributed by atoms with Crippen molar-refractivity contribution < 1.29 is 38.9 Å². The van der Waals surface area contributed by atoms with E-state index in [0.29, 0.717) is 0 Å². The van der Waals surface area contributed by atoms with Crippen LogP contribution in [-0.4, -0.2) is 61.8 Å². The zero-order valence-corrected chi connectivity index (χ0v) is 16.4. The molecule has 0 fully saturated rings. The summed E-state index contributed by atoms with van der Waals surface area (Å²) < 4.78 is 14.3. The fourth-order valence-electron chi connectivity index (χ4n) is 2.64. The molecule has 1 aliphatic heterocycles. The van der Waals surface area contributed by atoms with Gasteiger partial charge in [0.2, 0.25) is 5.91 Å². The maximum absolute atomic E-state index is 14.3. The minimum atomic E-state index is -1.57. The Morgan fingerprint density at radius 3 is 2.53 bits per heavy atom. The molecule has 32 heavy (non-hydrogen) atoms. The Labute approximate surface area is 179 Å². The molecule has 0 aromatic carbocycles. The van der Waals surface area contributed by atoms with Gasteiger partial charge in [0, 0.05) is 18.1 Å². The number of halogens is 1. The van der Waals surface area contributed by atoms with Crippen LogP contribution in [0.3, 0.4) is 0 Å². The first kappa shape index (κ1) is 23.9. The van der Waals surface area contributed by atoms with E-state index >= 15 is 0 Å². The van der Waals surface area contributed by atoms with Crippen molar-refractivity contribution >= 4 is 41.1 Å². The van der Waals surface area contributed by atoms with E-state index in [-0.39, 0.29) is 35.1 Å². The number of dihydropyridines is 1. The summed E-state index contributed by atoms with van der Waals surface area (Å²) in [6.07, 6.45) is -0.567. The molecule has 1 atom stereocenters. The first-order valence-electron chi connectivity index (χ1n) is 9.01. The number of nitrogens with two attached hydrogens (primary N) is 1. The number of pyridine rings is 1. The molecule has 0 bridgehead atoms. The molecule has 0 unspecified atom stereocenters. The fourth-order valence-corrected chi connectivity index (χ4v) is 2.64. The highest BCUT2D eigenvalue weighted by Gasteiger charge is 2.25. The van der Waals surface area contributed by atoms with Crippen LogP contribution in [0.4, 0.5) is 10.1 Å². The van der Waals surface area contributed by atoms with Gasteiger partial charge in [-0.25, -0.2) is 19.2 Å². The average molecular weight is 450 g/mol. The SMILES string of the molecule is N=C1N=C(N)CC(O)=C1CC(=O)Nc1cnc(C(=O)N[C@@H](CCC(=O)O)C(=O)O)c(F)c1. The predicted molar refractivity (Wildman–Crippen MR) is 107 cm³/mol. The molecular formula is C18H19FN6O7. The maximum Gasteiger partial charge on any atom is 0.326 e. The molecule has 14 heteroatoms. The lowest BCUT2D eigenvalue weighted by atomic mass is 10.0. The van der Waals surface area contributed by atoms with Gasteiger partial charge in [0.25, 0.3) is 5.91 Å². The van der Waals surface area contributed by atoms with Crippen molar-refractivity contribution in [3.63, 3.8) is 0 Å². The first-order valence-corrected chi connectivity index (χ1v) is 9.01. The Morgan fingerprint density at radius 1 is 1.28 bits per heavy atom. The second kappa shape index (κ2) is 10.1. The Bertz CT molecular complexity index is 1050. The second-order valence-electron chi connectivity index (χ2n) is 6.63. The van der Waals surface area contributed by atoms with Crippen molar-refractivity contribution in [2.24, 2.45) is 10.7 Å². The third kappa shape index (κ3) is 6.32. The number of aliphatic hydroxyl groups excluding tert-OH is 1. The molecule has 2 amide bonds. The average Bonchev–Trinajstić information content (AvgIpc) is 2.67. The maximum atomic E-state index is 14.3. The number of carbonyl (C=O) groups is 4. The number of aliphatic imine (C=N–C) groups is 1. The first-order chi connectivity index (χ1) is 15.0. The highest BCUT2D eigenvalue weighted by Crippen LogP contribution is 2.19. The normalized spacial score (nSPS) is 14.4. The van der Waals surface area contributed by atoms with Crippen LogP contribution in [0, 0.1) is 11.2 Å². The van der Waals surface area contributed by atoms with E-state index in [4.69, 9.17) is 21.4 Å². The van der Waals surface area contributed by atoms with E-state index in [2.05, 4.69) is 15.3 Å². The second-order valence-corrected chi connectivity index (χ2v) is 6.63.